The lowest BCUT2D eigenvalue weighted by Crippen LogP contribution is -2.07. The quantitative estimate of drug-likeness (QED) is 0.872. The summed E-state index contributed by atoms with van der Waals surface area (Å²) in [4.78, 5) is 11.9. The lowest BCUT2D eigenvalue weighted by Gasteiger charge is -2.09. The Kier molecular flexibility index (Phi) is 5.04. The molecule has 0 aliphatic carbocycles. The maximum absolute atomic E-state index is 11.9. The molecule has 0 aliphatic rings. The average molecular weight is 271 g/mol. The molecule has 0 atom stereocenters. The van der Waals surface area contributed by atoms with Gasteiger partial charge in [0.1, 0.15) is 0 Å². The number of aryl methyl sites for hydroxylation is 1. The van der Waals surface area contributed by atoms with Gasteiger partial charge in [-0.3, -0.25) is 4.79 Å². The van der Waals surface area contributed by atoms with Crippen molar-refractivity contribution in [3.8, 4) is 0 Å². The minimum atomic E-state index is -0.00949. The third-order valence-corrected chi connectivity index (χ3v) is 3.69. The topological polar surface area (TPSA) is 29.1 Å². The van der Waals surface area contributed by atoms with Gasteiger partial charge in [0.2, 0.25) is 0 Å². The summed E-state index contributed by atoms with van der Waals surface area (Å²) in [7, 11) is 0. The van der Waals surface area contributed by atoms with Crippen molar-refractivity contribution in [2.75, 3.05) is 5.32 Å². The van der Waals surface area contributed by atoms with E-state index in [0.717, 1.165) is 23.2 Å². The first kappa shape index (κ1) is 13.7. The fourth-order valence-electron chi connectivity index (χ4n) is 1.82. The smallest absolute Gasteiger partial charge is 0.283 e. The van der Waals surface area contributed by atoms with Crippen LogP contribution in [0.3, 0.4) is 0 Å². The third kappa shape index (κ3) is 4.14. The Morgan fingerprint density at radius 2 is 1.74 bits per heavy atom. The van der Waals surface area contributed by atoms with Crippen LogP contribution >= 0.6 is 11.8 Å². The fourth-order valence-corrected chi connectivity index (χ4v) is 2.49. The molecule has 0 saturated carbocycles. The lowest BCUT2D eigenvalue weighted by atomic mass is 10.1. The molecule has 2 rings (SSSR count). The molecule has 19 heavy (non-hydrogen) atoms. The number of anilines is 1. The first-order valence-corrected chi connectivity index (χ1v) is 7.33. The summed E-state index contributed by atoms with van der Waals surface area (Å²) in [5.41, 5.74) is 3.23. The van der Waals surface area contributed by atoms with Gasteiger partial charge in [0, 0.05) is 11.4 Å². The van der Waals surface area contributed by atoms with Gasteiger partial charge in [0.15, 0.2) is 0 Å². The Morgan fingerprint density at radius 1 is 1.05 bits per heavy atom. The largest absolute Gasteiger partial charge is 0.317 e. The van der Waals surface area contributed by atoms with Crippen LogP contribution in [0.1, 0.15) is 18.1 Å². The summed E-state index contributed by atoms with van der Waals surface area (Å²) < 4.78 is 0. The third-order valence-electron chi connectivity index (χ3n) is 2.85. The van der Waals surface area contributed by atoms with Crippen molar-refractivity contribution in [1.82, 2.24) is 0 Å². The monoisotopic (exact) mass is 271 g/mol. The summed E-state index contributed by atoms with van der Waals surface area (Å²) in [6, 6.07) is 17.9. The van der Waals surface area contributed by atoms with Crippen LogP contribution in [0, 0.1) is 0 Å². The Labute approximate surface area is 118 Å². The number of amides is 1. The maximum Gasteiger partial charge on any atom is 0.283 e. The molecule has 2 aromatic carbocycles. The summed E-state index contributed by atoms with van der Waals surface area (Å²) in [6.45, 7) is 2.09. The lowest BCUT2D eigenvalue weighted by molar-refractivity contribution is 0.269. The van der Waals surface area contributed by atoms with E-state index in [0.29, 0.717) is 5.75 Å². The van der Waals surface area contributed by atoms with Crippen LogP contribution < -0.4 is 5.32 Å². The highest BCUT2D eigenvalue weighted by Crippen LogP contribution is 2.19. The van der Waals surface area contributed by atoms with Crippen LogP contribution in [-0.2, 0) is 12.2 Å². The predicted molar refractivity (Wildman–Crippen MR) is 82.6 cm³/mol. The van der Waals surface area contributed by atoms with E-state index < -0.39 is 0 Å². The zero-order chi connectivity index (χ0) is 13.5. The van der Waals surface area contributed by atoms with Crippen molar-refractivity contribution >= 4 is 22.7 Å². The number of carbonyl (C=O) groups excluding carboxylic acids is 1. The van der Waals surface area contributed by atoms with Crippen LogP contribution in [0.25, 0.3) is 0 Å². The van der Waals surface area contributed by atoms with Crippen LogP contribution in [0.5, 0.6) is 0 Å². The van der Waals surface area contributed by atoms with E-state index in [-0.39, 0.29) is 5.24 Å². The number of nitrogens with one attached hydrogen (secondary N) is 1. The van der Waals surface area contributed by atoms with Crippen molar-refractivity contribution in [2.45, 2.75) is 19.1 Å². The zero-order valence-corrected chi connectivity index (χ0v) is 11.7. The molecule has 3 heteroatoms. The first-order valence-electron chi connectivity index (χ1n) is 6.35. The molecule has 0 bridgehead atoms. The molecule has 0 aromatic heterocycles. The molecule has 0 radical (unpaired) electrons. The maximum atomic E-state index is 11.9. The second-order valence-corrected chi connectivity index (χ2v) is 5.15. The molecular weight excluding hydrogens is 254 g/mol. The molecule has 0 aliphatic heterocycles. The van der Waals surface area contributed by atoms with Gasteiger partial charge in [0.25, 0.3) is 5.24 Å². The molecule has 0 spiro atoms. The normalized spacial score (nSPS) is 10.2. The zero-order valence-electron chi connectivity index (χ0n) is 10.9. The van der Waals surface area contributed by atoms with Crippen molar-refractivity contribution in [3.05, 3.63) is 65.7 Å². The molecule has 0 fully saturated rings. The van der Waals surface area contributed by atoms with E-state index in [1.54, 1.807) is 0 Å². The SMILES string of the molecule is CCc1ccccc1NC(=O)SCc1ccccc1. The molecule has 0 unspecified atom stereocenters. The van der Waals surface area contributed by atoms with E-state index >= 15 is 0 Å². The number of hydrogen-bond donors (Lipinski definition) is 1. The Hall–Kier alpha value is -1.74. The van der Waals surface area contributed by atoms with Gasteiger partial charge in [-0.15, -0.1) is 0 Å². The molecule has 2 aromatic rings. The number of para-hydroxylation sites is 1. The van der Waals surface area contributed by atoms with Crippen molar-refractivity contribution < 1.29 is 4.79 Å². The van der Waals surface area contributed by atoms with Gasteiger partial charge in [-0.05, 0) is 23.6 Å². The van der Waals surface area contributed by atoms with E-state index in [4.69, 9.17) is 0 Å². The summed E-state index contributed by atoms with van der Waals surface area (Å²) >= 11 is 1.29. The number of thioether (sulfide) groups is 1. The second-order valence-electron chi connectivity index (χ2n) is 4.20. The number of hydrogen-bond acceptors (Lipinski definition) is 2. The molecule has 0 saturated heterocycles. The van der Waals surface area contributed by atoms with Gasteiger partial charge >= 0.3 is 0 Å². The summed E-state index contributed by atoms with van der Waals surface area (Å²) in [5.74, 6) is 0.695. The molecule has 0 heterocycles. The Bertz CT molecular complexity index is 539. The molecular formula is C16H17NOS. The fraction of sp³-hybridized carbons (Fsp3) is 0.188. The van der Waals surface area contributed by atoms with Crippen LogP contribution in [0.15, 0.2) is 54.6 Å². The molecule has 1 amide bonds. The molecule has 1 N–H and O–H groups in total. The Morgan fingerprint density at radius 3 is 2.47 bits per heavy atom. The van der Waals surface area contributed by atoms with E-state index in [9.17, 15) is 4.79 Å². The molecule has 2 nitrogen and oxygen atoms in total. The minimum absolute atomic E-state index is 0.00949. The molecule has 98 valence electrons. The van der Waals surface area contributed by atoms with E-state index in [1.807, 2.05) is 54.6 Å². The standard InChI is InChI=1S/C16H17NOS/c1-2-14-10-6-7-11-15(14)17-16(18)19-12-13-8-4-3-5-9-13/h3-11H,2,12H2,1H3,(H,17,18). The van der Waals surface area contributed by atoms with Gasteiger partial charge in [-0.25, -0.2) is 0 Å². The number of carbonyl (C=O) groups is 1. The number of benzene rings is 2. The van der Waals surface area contributed by atoms with Gasteiger partial charge in [-0.2, -0.15) is 0 Å². The van der Waals surface area contributed by atoms with Gasteiger partial charge in [-0.1, -0.05) is 67.2 Å². The summed E-state index contributed by atoms with van der Waals surface area (Å²) in [6.07, 6.45) is 0.916. The van der Waals surface area contributed by atoms with Crippen molar-refractivity contribution in [2.24, 2.45) is 0 Å². The van der Waals surface area contributed by atoms with Crippen LogP contribution in [-0.4, -0.2) is 5.24 Å². The number of rotatable bonds is 4. The second kappa shape index (κ2) is 7.00. The van der Waals surface area contributed by atoms with Crippen molar-refractivity contribution in [3.63, 3.8) is 0 Å². The minimum Gasteiger partial charge on any atom is -0.317 e. The average Bonchev–Trinajstić information content (AvgIpc) is 2.47. The summed E-state index contributed by atoms with van der Waals surface area (Å²) in [5, 5.41) is 2.95. The van der Waals surface area contributed by atoms with Crippen LogP contribution in [0.4, 0.5) is 10.5 Å². The first-order chi connectivity index (χ1) is 9.29. The predicted octanol–water partition coefficient (Wildman–Crippen LogP) is 4.71. The highest BCUT2D eigenvalue weighted by molar-refractivity contribution is 8.13. The highest BCUT2D eigenvalue weighted by atomic mass is 32.2. The Balaban J connectivity index is 1.91. The van der Waals surface area contributed by atoms with E-state index in [2.05, 4.69) is 12.2 Å². The highest BCUT2D eigenvalue weighted by Gasteiger charge is 2.06. The van der Waals surface area contributed by atoms with Crippen molar-refractivity contribution in [1.29, 1.82) is 0 Å². The van der Waals surface area contributed by atoms with Gasteiger partial charge in [0.05, 0.1) is 0 Å². The van der Waals surface area contributed by atoms with E-state index in [1.165, 1.54) is 11.8 Å². The van der Waals surface area contributed by atoms with Gasteiger partial charge < -0.3 is 5.32 Å². The van der Waals surface area contributed by atoms with Crippen LogP contribution in [0.2, 0.25) is 0 Å².